The molecule has 1 aliphatic rings. The van der Waals surface area contributed by atoms with Gasteiger partial charge in [0.25, 0.3) is 0 Å². The summed E-state index contributed by atoms with van der Waals surface area (Å²) in [7, 11) is 1.66. The summed E-state index contributed by atoms with van der Waals surface area (Å²) in [5.41, 5.74) is 5.92. The minimum atomic E-state index is -0.170. The van der Waals surface area contributed by atoms with E-state index in [1.165, 1.54) is 0 Å². The Bertz CT molecular complexity index is 171. The van der Waals surface area contributed by atoms with Crippen molar-refractivity contribution < 1.29 is 18.9 Å². The zero-order chi connectivity index (χ0) is 11.7. The van der Waals surface area contributed by atoms with Gasteiger partial charge in [-0.25, -0.2) is 0 Å². The molecule has 0 radical (unpaired) electrons. The van der Waals surface area contributed by atoms with Crippen LogP contribution in [0.5, 0.6) is 0 Å². The molecule has 5 heteroatoms. The topological polar surface area (TPSA) is 62.9 Å². The molecule has 16 heavy (non-hydrogen) atoms. The number of hydrogen-bond donors (Lipinski definition) is 1. The average molecular weight is 233 g/mol. The molecular formula is C11H23NO4. The van der Waals surface area contributed by atoms with E-state index in [9.17, 15) is 0 Å². The summed E-state index contributed by atoms with van der Waals surface area (Å²) in [6, 6.07) is 0. The summed E-state index contributed by atoms with van der Waals surface area (Å²) in [5.74, 6) is 0. The highest BCUT2D eigenvalue weighted by Crippen LogP contribution is 2.18. The van der Waals surface area contributed by atoms with Crippen molar-refractivity contribution >= 4 is 0 Å². The molecule has 2 N–H and O–H groups in total. The molecule has 0 aliphatic carbocycles. The van der Waals surface area contributed by atoms with Gasteiger partial charge in [0.05, 0.1) is 33.0 Å². The van der Waals surface area contributed by atoms with Gasteiger partial charge < -0.3 is 24.7 Å². The molecule has 0 aromatic carbocycles. The van der Waals surface area contributed by atoms with Crippen LogP contribution in [0.4, 0.5) is 0 Å². The molecule has 1 aliphatic heterocycles. The van der Waals surface area contributed by atoms with E-state index in [-0.39, 0.29) is 5.54 Å². The van der Waals surface area contributed by atoms with Crippen LogP contribution in [0.2, 0.25) is 0 Å². The number of rotatable bonds is 9. The van der Waals surface area contributed by atoms with Crippen molar-refractivity contribution in [1.29, 1.82) is 0 Å². The molecule has 0 aromatic rings. The first-order chi connectivity index (χ1) is 7.77. The van der Waals surface area contributed by atoms with E-state index in [1.54, 1.807) is 7.11 Å². The fourth-order valence-electron chi connectivity index (χ4n) is 1.56. The Morgan fingerprint density at radius 2 is 1.81 bits per heavy atom. The molecule has 1 saturated heterocycles. The summed E-state index contributed by atoms with van der Waals surface area (Å²) >= 11 is 0. The van der Waals surface area contributed by atoms with Crippen molar-refractivity contribution in [3.05, 3.63) is 0 Å². The zero-order valence-electron chi connectivity index (χ0n) is 10.1. The third-order valence-electron chi connectivity index (χ3n) is 2.68. The highest BCUT2D eigenvalue weighted by Gasteiger charge is 2.29. The largest absolute Gasteiger partial charge is 0.382 e. The van der Waals surface area contributed by atoms with Gasteiger partial charge in [-0.2, -0.15) is 0 Å². The number of methoxy groups -OCH3 is 1. The minimum Gasteiger partial charge on any atom is -0.382 e. The Balaban J connectivity index is 1.84. The van der Waals surface area contributed by atoms with Crippen molar-refractivity contribution in [1.82, 2.24) is 0 Å². The molecule has 0 aromatic heterocycles. The van der Waals surface area contributed by atoms with Crippen LogP contribution in [0.3, 0.4) is 0 Å². The van der Waals surface area contributed by atoms with Crippen LogP contribution in [0.15, 0.2) is 0 Å². The predicted octanol–water partition coefficient (Wildman–Crippen LogP) is 0.174. The van der Waals surface area contributed by atoms with Gasteiger partial charge in [-0.1, -0.05) is 0 Å². The Hall–Kier alpha value is -0.200. The molecular weight excluding hydrogens is 210 g/mol. The maximum absolute atomic E-state index is 6.09. The quantitative estimate of drug-likeness (QED) is 0.575. The first-order valence-corrected chi connectivity index (χ1v) is 5.78. The van der Waals surface area contributed by atoms with Crippen molar-refractivity contribution in [3.63, 3.8) is 0 Å². The van der Waals surface area contributed by atoms with Gasteiger partial charge in [0.15, 0.2) is 0 Å². The molecule has 96 valence electrons. The van der Waals surface area contributed by atoms with E-state index in [4.69, 9.17) is 24.7 Å². The minimum absolute atomic E-state index is 0.170. The standard InChI is InChI=1S/C11H23NO4/c1-13-6-7-15-9-8-14-4-2-11(12)3-5-16-10-11/h2-10,12H2,1H3. The van der Waals surface area contributed by atoms with E-state index in [1.807, 2.05) is 0 Å². The van der Waals surface area contributed by atoms with Crippen molar-refractivity contribution in [2.45, 2.75) is 18.4 Å². The molecule has 1 unspecified atom stereocenters. The van der Waals surface area contributed by atoms with E-state index < -0.39 is 0 Å². The van der Waals surface area contributed by atoms with Gasteiger partial charge in [0.2, 0.25) is 0 Å². The molecule has 5 nitrogen and oxygen atoms in total. The molecule has 0 spiro atoms. The highest BCUT2D eigenvalue weighted by atomic mass is 16.5. The lowest BCUT2D eigenvalue weighted by molar-refractivity contribution is 0.0203. The summed E-state index contributed by atoms with van der Waals surface area (Å²) in [5, 5.41) is 0. The van der Waals surface area contributed by atoms with E-state index in [0.29, 0.717) is 39.6 Å². The van der Waals surface area contributed by atoms with Crippen LogP contribution in [-0.4, -0.2) is 58.9 Å². The maximum atomic E-state index is 6.09. The lowest BCUT2D eigenvalue weighted by atomic mass is 9.97. The number of ether oxygens (including phenoxy) is 4. The van der Waals surface area contributed by atoms with Crippen LogP contribution in [0, 0.1) is 0 Å². The fourth-order valence-corrected chi connectivity index (χ4v) is 1.56. The molecule has 0 bridgehead atoms. The van der Waals surface area contributed by atoms with Gasteiger partial charge in [-0.3, -0.25) is 0 Å². The summed E-state index contributed by atoms with van der Waals surface area (Å²) in [6.45, 7) is 4.57. The molecule has 0 saturated carbocycles. The van der Waals surface area contributed by atoms with Gasteiger partial charge in [0, 0.05) is 25.9 Å². The molecule has 1 heterocycles. The number of hydrogen-bond acceptors (Lipinski definition) is 5. The molecule has 1 fully saturated rings. The van der Waals surface area contributed by atoms with Crippen molar-refractivity contribution in [3.8, 4) is 0 Å². The Labute approximate surface area is 97.2 Å². The summed E-state index contributed by atoms with van der Waals surface area (Å²) < 4.78 is 20.8. The summed E-state index contributed by atoms with van der Waals surface area (Å²) in [6.07, 6.45) is 1.78. The lowest BCUT2D eigenvalue weighted by Gasteiger charge is -2.21. The Morgan fingerprint density at radius 3 is 2.44 bits per heavy atom. The molecule has 1 rings (SSSR count). The third-order valence-corrected chi connectivity index (χ3v) is 2.68. The predicted molar refractivity (Wildman–Crippen MR) is 60.5 cm³/mol. The van der Waals surface area contributed by atoms with Crippen LogP contribution >= 0.6 is 0 Å². The zero-order valence-corrected chi connectivity index (χ0v) is 10.1. The SMILES string of the molecule is COCCOCCOCCC1(N)CCOC1. The van der Waals surface area contributed by atoms with Gasteiger partial charge in [-0.15, -0.1) is 0 Å². The monoisotopic (exact) mass is 233 g/mol. The van der Waals surface area contributed by atoms with Gasteiger partial charge >= 0.3 is 0 Å². The molecule has 0 amide bonds. The van der Waals surface area contributed by atoms with Gasteiger partial charge in [-0.05, 0) is 12.8 Å². The third kappa shape index (κ3) is 5.77. The normalized spacial score (nSPS) is 25.1. The van der Waals surface area contributed by atoms with Crippen LogP contribution in [0.1, 0.15) is 12.8 Å². The first kappa shape index (κ1) is 13.9. The Kier molecular flexibility index (Phi) is 6.91. The molecule has 1 atom stereocenters. The Morgan fingerprint density at radius 1 is 1.12 bits per heavy atom. The summed E-state index contributed by atoms with van der Waals surface area (Å²) in [4.78, 5) is 0. The maximum Gasteiger partial charge on any atom is 0.0701 e. The van der Waals surface area contributed by atoms with Crippen LogP contribution < -0.4 is 5.73 Å². The lowest BCUT2D eigenvalue weighted by Crippen LogP contribution is -2.41. The second-order valence-corrected chi connectivity index (χ2v) is 4.13. The van der Waals surface area contributed by atoms with Crippen molar-refractivity contribution in [2.24, 2.45) is 5.73 Å². The van der Waals surface area contributed by atoms with E-state index in [0.717, 1.165) is 19.4 Å². The van der Waals surface area contributed by atoms with E-state index in [2.05, 4.69) is 0 Å². The van der Waals surface area contributed by atoms with Crippen LogP contribution in [0.25, 0.3) is 0 Å². The smallest absolute Gasteiger partial charge is 0.0701 e. The second-order valence-electron chi connectivity index (χ2n) is 4.13. The average Bonchev–Trinajstić information content (AvgIpc) is 2.70. The van der Waals surface area contributed by atoms with Gasteiger partial charge in [0.1, 0.15) is 0 Å². The fraction of sp³-hybridized carbons (Fsp3) is 1.00. The highest BCUT2D eigenvalue weighted by molar-refractivity contribution is 4.87. The van der Waals surface area contributed by atoms with Crippen LogP contribution in [-0.2, 0) is 18.9 Å². The van der Waals surface area contributed by atoms with E-state index >= 15 is 0 Å². The van der Waals surface area contributed by atoms with Crippen molar-refractivity contribution in [2.75, 3.05) is 53.4 Å². The first-order valence-electron chi connectivity index (χ1n) is 5.78. The second kappa shape index (κ2) is 7.97. The number of nitrogens with two attached hydrogens (primary N) is 1.